The largest absolute Gasteiger partial charge is 0.496 e. The normalized spacial score (nSPS) is 12.4. The van der Waals surface area contributed by atoms with Crippen molar-refractivity contribution in [3.63, 3.8) is 0 Å². The van der Waals surface area contributed by atoms with E-state index in [0.29, 0.717) is 17.7 Å². The predicted molar refractivity (Wildman–Crippen MR) is 66.8 cm³/mol. The molecule has 0 aliphatic heterocycles. The van der Waals surface area contributed by atoms with Crippen LogP contribution in [-0.2, 0) is 13.5 Å². The number of rotatable bonds is 4. The summed E-state index contributed by atoms with van der Waals surface area (Å²) in [5, 5.41) is 4.23. The lowest BCUT2D eigenvalue weighted by Crippen LogP contribution is -2.16. The van der Waals surface area contributed by atoms with E-state index in [1.54, 1.807) is 16.8 Å². The highest BCUT2D eigenvalue weighted by Crippen LogP contribution is 2.28. The lowest BCUT2D eigenvalue weighted by molar-refractivity contribution is 0.398. The molecule has 1 aromatic carbocycles. The van der Waals surface area contributed by atoms with Crippen molar-refractivity contribution in [2.45, 2.75) is 12.5 Å². The zero-order chi connectivity index (χ0) is 13.1. The van der Waals surface area contributed by atoms with Gasteiger partial charge in [0.15, 0.2) is 0 Å². The average Bonchev–Trinajstić information content (AvgIpc) is 2.74. The van der Waals surface area contributed by atoms with E-state index in [0.717, 1.165) is 5.69 Å². The lowest BCUT2D eigenvalue weighted by atomic mass is 10.0. The summed E-state index contributed by atoms with van der Waals surface area (Å²) >= 11 is 0. The highest BCUT2D eigenvalue weighted by atomic mass is 19.1. The van der Waals surface area contributed by atoms with E-state index in [4.69, 9.17) is 10.5 Å². The van der Waals surface area contributed by atoms with Crippen molar-refractivity contribution in [2.24, 2.45) is 12.8 Å². The van der Waals surface area contributed by atoms with E-state index >= 15 is 0 Å². The minimum absolute atomic E-state index is 0.349. The van der Waals surface area contributed by atoms with Gasteiger partial charge in [-0.1, -0.05) is 6.07 Å². The zero-order valence-electron chi connectivity index (χ0n) is 10.4. The van der Waals surface area contributed by atoms with E-state index in [-0.39, 0.29) is 5.82 Å². The number of hydrogen-bond donors (Lipinski definition) is 1. The summed E-state index contributed by atoms with van der Waals surface area (Å²) in [6.45, 7) is 0. The van der Waals surface area contributed by atoms with E-state index in [1.807, 2.05) is 19.3 Å². The van der Waals surface area contributed by atoms with Crippen molar-refractivity contribution in [1.29, 1.82) is 0 Å². The molecule has 0 aliphatic rings. The molecule has 0 radical (unpaired) electrons. The van der Waals surface area contributed by atoms with Gasteiger partial charge in [0.25, 0.3) is 0 Å². The molecule has 1 heterocycles. The molecule has 2 N–H and O–H groups in total. The molecular weight excluding hydrogens is 233 g/mol. The molecule has 1 unspecified atom stereocenters. The summed E-state index contributed by atoms with van der Waals surface area (Å²) < 4.78 is 20.6. The highest BCUT2D eigenvalue weighted by molar-refractivity contribution is 5.37. The maximum Gasteiger partial charge on any atom is 0.131 e. The molecule has 2 aromatic rings. The van der Waals surface area contributed by atoms with Gasteiger partial charge in [-0.15, -0.1) is 0 Å². The summed E-state index contributed by atoms with van der Waals surface area (Å²) in [7, 11) is 3.34. The first-order valence-corrected chi connectivity index (χ1v) is 5.68. The van der Waals surface area contributed by atoms with Crippen molar-refractivity contribution in [3.05, 3.63) is 47.5 Å². The molecule has 96 valence electrons. The molecule has 0 saturated heterocycles. The molecule has 18 heavy (non-hydrogen) atoms. The Bertz CT molecular complexity index is 539. The van der Waals surface area contributed by atoms with Gasteiger partial charge in [0.05, 0.1) is 12.8 Å². The number of hydrogen-bond acceptors (Lipinski definition) is 3. The SMILES string of the molecule is COc1cccc(F)c1C(N)Cc1ccn(C)n1. The minimum atomic E-state index is -0.476. The summed E-state index contributed by atoms with van der Waals surface area (Å²) in [4.78, 5) is 0. The molecule has 2 rings (SSSR count). The van der Waals surface area contributed by atoms with Crippen molar-refractivity contribution < 1.29 is 9.13 Å². The molecule has 0 spiro atoms. The first-order chi connectivity index (χ1) is 8.61. The number of nitrogens with two attached hydrogens (primary N) is 1. The number of aromatic nitrogens is 2. The smallest absolute Gasteiger partial charge is 0.131 e. The van der Waals surface area contributed by atoms with Crippen LogP contribution in [0.3, 0.4) is 0 Å². The van der Waals surface area contributed by atoms with Crippen LogP contribution in [0.4, 0.5) is 4.39 Å². The second kappa shape index (κ2) is 5.18. The zero-order valence-corrected chi connectivity index (χ0v) is 10.4. The van der Waals surface area contributed by atoms with Gasteiger partial charge in [-0.3, -0.25) is 4.68 Å². The number of ether oxygens (including phenoxy) is 1. The number of methoxy groups -OCH3 is 1. The second-order valence-corrected chi connectivity index (χ2v) is 4.15. The lowest BCUT2D eigenvalue weighted by Gasteiger charge is -2.15. The Morgan fingerprint density at radius 2 is 2.22 bits per heavy atom. The summed E-state index contributed by atoms with van der Waals surface area (Å²) in [5.74, 6) is 0.121. The van der Waals surface area contributed by atoms with E-state index in [9.17, 15) is 4.39 Å². The Morgan fingerprint density at radius 3 is 2.83 bits per heavy atom. The van der Waals surface area contributed by atoms with Crippen LogP contribution in [0.1, 0.15) is 17.3 Å². The van der Waals surface area contributed by atoms with Crippen molar-refractivity contribution in [1.82, 2.24) is 9.78 Å². The van der Waals surface area contributed by atoms with Gasteiger partial charge < -0.3 is 10.5 Å². The van der Waals surface area contributed by atoms with Gasteiger partial charge >= 0.3 is 0 Å². The van der Waals surface area contributed by atoms with Crippen LogP contribution in [0.2, 0.25) is 0 Å². The standard InChI is InChI=1S/C13H16FN3O/c1-17-7-6-9(16-17)8-11(15)13-10(14)4-3-5-12(13)18-2/h3-7,11H,8,15H2,1-2H3. The van der Waals surface area contributed by atoms with Crippen LogP contribution >= 0.6 is 0 Å². The van der Waals surface area contributed by atoms with Crippen LogP contribution in [0.25, 0.3) is 0 Å². The van der Waals surface area contributed by atoms with Gasteiger partial charge in [0.2, 0.25) is 0 Å². The minimum Gasteiger partial charge on any atom is -0.496 e. The van der Waals surface area contributed by atoms with Gasteiger partial charge in [-0.2, -0.15) is 5.10 Å². The maximum atomic E-state index is 13.8. The quantitative estimate of drug-likeness (QED) is 0.899. The predicted octanol–water partition coefficient (Wildman–Crippen LogP) is 1.81. The van der Waals surface area contributed by atoms with Crippen molar-refractivity contribution >= 4 is 0 Å². The third-order valence-corrected chi connectivity index (χ3v) is 2.80. The Kier molecular flexibility index (Phi) is 3.62. The first kappa shape index (κ1) is 12.6. The molecule has 4 nitrogen and oxygen atoms in total. The molecule has 1 atom stereocenters. The molecule has 0 amide bonds. The van der Waals surface area contributed by atoms with E-state index < -0.39 is 6.04 Å². The second-order valence-electron chi connectivity index (χ2n) is 4.15. The van der Waals surface area contributed by atoms with Crippen molar-refractivity contribution in [2.75, 3.05) is 7.11 Å². The summed E-state index contributed by atoms with van der Waals surface area (Å²) in [5.41, 5.74) is 7.27. The molecule has 1 aromatic heterocycles. The molecule has 0 fully saturated rings. The van der Waals surface area contributed by atoms with E-state index in [2.05, 4.69) is 5.10 Å². The highest BCUT2D eigenvalue weighted by Gasteiger charge is 2.18. The number of benzene rings is 1. The van der Waals surface area contributed by atoms with Crippen molar-refractivity contribution in [3.8, 4) is 5.75 Å². The van der Waals surface area contributed by atoms with Gasteiger partial charge in [0, 0.05) is 31.3 Å². The van der Waals surface area contributed by atoms with Crippen LogP contribution in [0, 0.1) is 5.82 Å². The molecular formula is C13H16FN3O. The van der Waals surface area contributed by atoms with Crippen LogP contribution in [0.5, 0.6) is 5.75 Å². The fraction of sp³-hybridized carbons (Fsp3) is 0.308. The van der Waals surface area contributed by atoms with Crippen LogP contribution < -0.4 is 10.5 Å². The Labute approximate surface area is 105 Å². The average molecular weight is 249 g/mol. The Balaban J connectivity index is 2.25. The fourth-order valence-corrected chi connectivity index (χ4v) is 1.95. The monoisotopic (exact) mass is 249 g/mol. The Morgan fingerprint density at radius 1 is 1.44 bits per heavy atom. The number of aryl methyl sites for hydroxylation is 1. The molecule has 5 heteroatoms. The first-order valence-electron chi connectivity index (χ1n) is 5.68. The van der Waals surface area contributed by atoms with Gasteiger partial charge in [-0.25, -0.2) is 4.39 Å². The fourth-order valence-electron chi connectivity index (χ4n) is 1.95. The third kappa shape index (κ3) is 2.51. The van der Waals surface area contributed by atoms with E-state index in [1.165, 1.54) is 13.2 Å². The molecule has 0 aliphatic carbocycles. The summed E-state index contributed by atoms with van der Waals surface area (Å²) in [6, 6.07) is 6.08. The topological polar surface area (TPSA) is 53.1 Å². The number of nitrogens with zero attached hydrogens (tertiary/aromatic N) is 2. The summed E-state index contributed by atoms with van der Waals surface area (Å²) in [6.07, 6.45) is 2.30. The van der Waals surface area contributed by atoms with Crippen LogP contribution in [0.15, 0.2) is 30.5 Å². The van der Waals surface area contributed by atoms with Gasteiger partial charge in [-0.05, 0) is 18.2 Å². The molecule has 0 saturated carbocycles. The van der Waals surface area contributed by atoms with Gasteiger partial charge in [0.1, 0.15) is 11.6 Å². The number of halogens is 1. The van der Waals surface area contributed by atoms with Crippen LogP contribution in [-0.4, -0.2) is 16.9 Å². The maximum absolute atomic E-state index is 13.8. The Hall–Kier alpha value is -1.88. The molecule has 0 bridgehead atoms. The third-order valence-electron chi connectivity index (χ3n) is 2.80.